The quantitative estimate of drug-likeness (QED) is 0.849. The summed E-state index contributed by atoms with van der Waals surface area (Å²) in [6.45, 7) is 0.391. The van der Waals surface area contributed by atoms with Crippen LogP contribution in [0.4, 0.5) is 13.2 Å². The van der Waals surface area contributed by atoms with Crippen LogP contribution in [0.15, 0.2) is 29.2 Å². The van der Waals surface area contributed by atoms with Gasteiger partial charge in [0.05, 0.1) is 16.2 Å². The molecule has 0 unspecified atom stereocenters. The number of hydrogen-bond acceptors (Lipinski definition) is 3. The predicted molar refractivity (Wildman–Crippen MR) is 69.0 cm³/mol. The maximum atomic E-state index is 12.3. The third-order valence-corrected chi connectivity index (χ3v) is 4.22. The summed E-state index contributed by atoms with van der Waals surface area (Å²) < 4.78 is 60.4. The van der Waals surface area contributed by atoms with Crippen LogP contribution >= 0.6 is 12.4 Å². The van der Waals surface area contributed by atoms with E-state index in [1.54, 1.807) is 0 Å². The van der Waals surface area contributed by atoms with Crippen molar-refractivity contribution in [2.24, 2.45) is 5.73 Å². The molecule has 2 N–H and O–H groups in total. The van der Waals surface area contributed by atoms with Gasteiger partial charge in [0.1, 0.15) is 0 Å². The molecule has 0 spiro atoms. The minimum absolute atomic E-state index is 0. The average molecular weight is 318 g/mol. The van der Waals surface area contributed by atoms with E-state index in [2.05, 4.69) is 0 Å². The molecule has 0 heterocycles. The number of halogens is 4. The first-order valence-corrected chi connectivity index (χ1v) is 7.02. The molecule has 0 saturated carbocycles. The van der Waals surface area contributed by atoms with Crippen LogP contribution in [0, 0.1) is 0 Å². The highest BCUT2D eigenvalue weighted by molar-refractivity contribution is 7.91. The maximum absolute atomic E-state index is 12.3. The first-order valence-electron chi connectivity index (χ1n) is 5.37. The van der Waals surface area contributed by atoms with Crippen molar-refractivity contribution in [3.05, 3.63) is 29.8 Å². The third-order valence-electron chi connectivity index (χ3n) is 2.41. The SMILES string of the molecule is Cl.NCCCCS(=O)(=O)c1ccc(C(F)(F)F)cc1. The van der Waals surface area contributed by atoms with Crippen molar-refractivity contribution in [1.29, 1.82) is 0 Å². The molecule has 110 valence electrons. The molecule has 1 rings (SSSR count). The molecule has 3 nitrogen and oxygen atoms in total. The second-order valence-corrected chi connectivity index (χ2v) is 5.95. The smallest absolute Gasteiger partial charge is 0.330 e. The summed E-state index contributed by atoms with van der Waals surface area (Å²) >= 11 is 0. The zero-order chi connectivity index (χ0) is 13.8. The van der Waals surface area contributed by atoms with Crippen molar-refractivity contribution in [2.75, 3.05) is 12.3 Å². The Morgan fingerprint density at radius 2 is 1.58 bits per heavy atom. The van der Waals surface area contributed by atoms with Gasteiger partial charge >= 0.3 is 6.18 Å². The molecule has 0 aliphatic heterocycles. The standard InChI is InChI=1S/C11H14F3NO2S.ClH/c12-11(13,14)9-3-5-10(6-4-9)18(16,17)8-2-1-7-15;/h3-6H,1-2,7-8,15H2;1H. The van der Waals surface area contributed by atoms with E-state index in [9.17, 15) is 21.6 Å². The van der Waals surface area contributed by atoms with E-state index in [1.807, 2.05) is 0 Å². The van der Waals surface area contributed by atoms with E-state index >= 15 is 0 Å². The lowest BCUT2D eigenvalue weighted by Gasteiger charge is -2.08. The van der Waals surface area contributed by atoms with Gasteiger partial charge in [0.25, 0.3) is 0 Å². The lowest BCUT2D eigenvalue weighted by atomic mass is 10.2. The van der Waals surface area contributed by atoms with Gasteiger partial charge < -0.3 is 5.73 Å². The molecule has 1 aromatic carbocycles. The van der Waals surface area contributed by atoms with Crippen LogP contribution in [0.25, 0.3) is 0 Å². The van der Waals surface area contributed by atoms with Gasteiger partial charge in [-0.1, -0.05) is 0 Å². The molecular formula is C11H15ClF3NO2S. The van der Waals surface area contributed by atoms with Crippen LogP contribution in [-0.2, 0) is 16.0 Å². The minimum atomic E-state index is -4.46. The highest BCUT2D eigenvalue weighted by Gasteiger charge is 2.30. The van der Waals surface area contributed by atoms with Gasteiger partial charge in [-0.25, -0.2) is 8.42 Å². The van der Waals surface area contributed by atoms with E-state index in [-0.39, 0.29) is 23.1 Å². The summed E-state index contributed by atoms with van der Waals surface area (Å²) in [4.78, 5) is -0.0903. The van der Waals surface area contributed by atoms with Crippen LogP contribution in [-0.4, -0.2) is 20.7 Å². The van der Waals surface area contributed by atoms with E-state index in [0.29, 0.717) is 19.4 Å². The topological polar surface area (TPSA) is 60.2 Å². The van der Waals surface area contributed by atoms with E-state index < -0.39 is 21.6 Å². The third kappa shape index (κ3) is 5.38. The Balaban J connectivity index is 0.00000324. The fraction of sp³-hybridized carbons (Fsp3) is 0.455. The van der Waals surface area contributed by atoms with Gasteiger partial charge in [-0.2, -0.15) is 13.2 Å². The zero-order valence-electron chi connectivity index (χ0n) is 9.98. The molecule has 0 bridgehead atoms. The van der Waals surface area contributed by atoms with Crippen molar-refractivity contribution in [1.82, 2.24) is 0 Å². The Kier molecular flexibility index (Phi) is 6.82. The van der Waals surface area contributed by atoms with Gasteiger partial charge in [-0.15, -0.1) is 12.4 Å². The van der Waals surface area contributed by atoms with Crippen molar-refractivity contribution in [3.8, 4) is 0 Å². The molecule has 0 aliphatic rings. The maximum Gasteiger partial charge on any atom is 0.416 e. The Labute approximate surface area is 116 Å². The Hall–Kier alpha value is -0.790. The van der Waals surface area contributed by atoms with Crippen molar-refractivity contribution in [2.45, 2.75) is 23.9 Å². The molecule has 0 amide bonds. The van der Waals surface area contributed by atoms with Gasteiger partial charge in [0.15, 0.2) is 9.84 Å². The number of hydrogen-bond donors (Lipinski definition) is 1. The Morgan fingerprint density at radius 1 is 1.05 bits per heavy atom. The normalized spacial score (nSPS) is 12.0. The number of sulfone groups is 1. The summed E-state index contributed by atoms with van der Waals surface area (Å²) in [6.07, 6.45) is -3.48. The number of rotatable bonds is 5. The number of alkyl halides is 3. The van der Waals surface area contributed by atoms with E-state index in [1.165, 1.54) is 0 Å². The summed E-state index contributed by atoms with van der Waals surface area (Å²) in [7, 11) is -3.52. The second kappa shape index (κ2) is 7.12. The Morgan fingerprint density at radius 3 is 2.00 bits per heavy atom. The van der Waals surface area contributed by atoms with E-state index in [4.69, 9.17) is 5.73 Å². The molecule has 0 saturated heterocycles. The van der Waals surface area contributed by atoms with Gasteiger partial charge in [-0.3, -0.25) is 0 Å². The second-order valence-electron chi connectivity index (χ2n) is 3.84. The molecule has 0 radical (unpaired) electrons. The number of nitrogens with two attached hydrogens (primary N) is 1. The molecule has 0 fully saturated rings. The van der Waals surface area contributed by atoms with Crippen LogP contribution in [0.2, 0.25) is 0 Å². The summed E-state index contributed by atoms with van der Waals surface area (Å²) in [5, 5.41) is 0. The minimum Gasteiger partial charge on any atom is -0.330 e. The predicted octanol–water partition coefficient (Wildman–Crippen LogP) is 2.64. The number of unbranched alkanes of at least 4 members (excludes halogenated alkanes) is 1. The Bertz CT molecular complexity index is 486. The molecule has 0 atom stereocenters. The van der Waals surface area contributed by atoms with Crippen LogP contribution in [0.3, 0.4) is 0 Å². The zero-order valence-corrected chi connectivity index (χ0v) is 11.6. The van der Waals surface area contributed by atoms with E-state index in [0.717, 1.165) is 24.3 Å². The molecule has 1 aromatic rings. The van der Waals surface area contributed by atoms with Crippen LogP contribution in [0.5, 0.6) is 0 Å². The van der Waals surface area contributed by atoms with Gasteiger partial charge in [-0.05, 0) is 43.7 Å². The number of benzene rings is 1. The van der Waals surface area contributed by atoms with Crippen molar-refractivity contribution >= 4 is 22.2 Å². The fourth-order valence-corrected chi connectivity index (χ4v) is 2.78. The molecular weight excluding hydrogens is 303 g/mol. The first kappa shape index (κ1) is 18.2. The molecule has 0 aliphatic carbocycles. The molecule has 8 heteroatoms. The first-order chi connectivity index (χ1) is 8.27. The lowest BCUT2D eigenvalue weighted by molar-refractivity contribution is -0.137. The lowest BCUT2D eigenvalue weighted by Crippen LogP contribution is -2.10. The van der Waals surface area contributed by atoms with Crippen LogP contribution in [0.1, 0.15) is 18.4 Å². The highest BCUT2D eigenvalue weighted by Crippen LogP contribution is 2.29. The molecule has 0 aromatic heterocycles. The summed E-state index contributed by atoms with van der Waals surface area (Å²) in [5.74, 6) is -0.102. The van der Waals surface area contributed by atoms with Crippen LogP contribution < -0.4 is 5.73 Å². The average Bonchev–Trinajstić information content (AvgIpc) is 2.28. The summed E-state index contributed by atoms with van der Waals surface area (Å²) in [6, 6.07) is 3.52. The van der Waals surface area contributed by atoms with Gasteiger partial charge in [0.2, 0.25) is 0 Å². The monoisotopic (exact) mass is 317 g/mol. The molecule has 19 heavy (non-hydrogen) atoms. The summed E-state index contributed by atoms with van der Waals surface area (Å²) in [5.41, 5.74) is 4.39. The van der Waals surface area contributed by atoms with Crippen molar-refractivity contribution < 1.29 is 21.6 Å². The highest BCUT2D eigenvalue weighted by atomic mass is 35.5. The van der Waals surface area contributed by atoms with Crippen molar-refractivity contribution in [3.63, 3.8) is 0 Å². The fourth-order valence-electron chi connectivity index (χ4n) is 1.41. The van der Waals surface area contributed by atoms with Gasteiger partial charge in [0, 0.05) is 0 Å². The largest absolute Gasteiger partial charge is 0.416 e.